The van der Waals surface area contributed by atoms with Gasteiger partial charge in [0.2, 0.25) is 0 Å². The zero-order valence-corrected chi connectivity index (χ0v) is 9.55. The molecule has 0 bridgehead atoms. The molecular weight excluding hydrogens is 160 g/mol. The normalized spacial score (nSPS) is 11.5. The Morgan fingerprint density at radius 3 is 2.23 bits per heavy atom. The van der Waals surface area contributed by atoms with Gasteiger partial charge in [-0.25, -0.2) is 0 Å². The van der Waals surface area contributed by atoms with Gasteiger partial charge in [0.05, 0.1) is 0 Å². The molecule has 2 N–H and O–H groups in total. The van der Waals surface area contributed by atoms with Crippen molar-refractivity contribution in [2.24, 2.45) is 11.7 Å². The van der Waals surface area contributed by atoms with Crippen LogP contribution < -0.4 is 5.73 Å². The van der Waals surface area contributed by atoms with Crippen LogP contribution in [0.5, 0.6) is 0 Å². The molecule has 2 nitrogen and oxygen atoms in total. The minimum Gasteiger partial charge on any atom is -0.330 e. The van der Waals surface area contributed by atoms with Crippen LogP contribution >= 0.6 is 0 Å². The minimum absolute atomic E-state index is 0.773. The number of hydrogen-bond acceptors (Lipinski definition) is 2. The molecule has 0 spiro atoms. The molecule has 0 fully saturated rings. The third-order valence-corrected chi connectivity index (χ3v) is 2.13. The van der Waals surface area contributed by atoms with Gasteiger partial charge >= 0.3 is 0 Å². The molecule has 0 aliphatic carbocycles. The van der Waals surface area contributed by atoms with E-state index in [2.05, 4.69) is 25.7 Å². The van der Waals surface area contributed by atoms with E-state index in [-0.39, 0.29) is 0 Å². The number of hydrogen-bond donors (Lipinski definition) is 1. The quantitative estimate of drug-likeness (QED) is 0.629. The summed E-state index contributed by atoms with van der Waals surface area (Å²) in [5.41, 5.74) is 5.51. The highest BCUT2D eigenvalue weighted by atomic mass is 15.1. The van der Waals surface area contributed by atoms with E-state index >= 15 is 0 Å². The number of nitrogens with two attached hydrogens (primary N) is 1. The van der Waals surface area contributed by atoms with Crippen LogP contribution in [0.3, 0.4) is 0 Å². The van der Waals surface area contributed by atoms with Crippen molar-refractivity contribution in [3.8, 4) is 0 Å². The fourth-order valence-corrected chi connectivity index (χ4v) is 1.51. The monoisotopic (exact) mass is 186 g/mol. The smallest absolute Gasteiger partial charge is 0.000439 e. The summed E-state index contributed by atoms with van der Waals surface area (Å²) in [5, 5.41) is 0. The Labute approximate surface area is 83.5 Å². The van der Waals surface area contributed by atoms with E-state index in [1.165, 1.54) is 32.5 Å². The van der Waals surface area contributed by atoms with Crippen molar-refractivity contribution in [1.82, 2.24) is 4.90 Å². The minimum atomic E-state index is 0.773. The van der Waals surface area contributed by atoms with Crippen LogP contribution in [-0.4, -0.2) is 31.1 Å². The fourth-order valence-electron chi connectivity index (χ4n) is 1.51. The van der Waals surface area contributed by atoms with E-state index in [0.717, 1.165) is 18.9 Å². The molecule has 0 amide bonds. The van der Waals surface area contributed by atoms with E-state index in [9.17, 15) is 0 Å². The first kappa shape index (κ1) is 12.9. The standard InChI is InChI=1S/C11H26N2/c1-4-5-8-13(9-6-7-12)10-11(2)3/h11H,4-10,12H2,1-3H3. The molecule has 0 rings (SSSR count). The van der Waals surface area contributed by atoms with E-state index < -0.39 is 0 Å². The summed E-state index contributed by atoms with van der Waals surface area (Å²) in [5.74, 6) is 0.773. The van der Waals surface area contributed by atoms with Crippen LogP contribution in [0.4, 0.5) is 0 Å². The average Bonchev–Trinajstić information content (AvgIpc) is 2.09. The highest BCUT2D eigenvalue weighted by Crippen LogP contribution is 2.02. The van der Waals surface area contributed by atoms with Crippen LogP contribution in [-0.2, 0) is 0 Å². The molecule has 13 heavy (non-hydrogen) atoms. The van der Waals surface area contributed by atoms with Crippen molar-refractivity contribution in [3.05, 3.63) is 0 Å². The lowest BCUT2D eigenvalue weighted by atomic mass is 10.2. The van der Waals surface area contributed by atoms with E-state index in [4.69, 9.17) is 5.73 Å². The molecule has 0 unspecified atom stereocenters. The molecule has 0 atom stereocenters. The van der Waals surface area contributed by atoms with Crippen molar-refractivity contribution in [2.75, 3.05) is 26.2 Å². The zero-order valence-electron chi connectivity index (χ0n) is 9.55. The Morgan fingerprint density at radius 2 is 1.77 bits per heavy atom. The van der Waals surface area contributed by atoms with Crippen molar-refractivity contribution in [2.45, 2.75) is 40.0 Å². The molecule has 0 saturated heterocycles. The molecule has 0 aromatic heterocycles. The van der Waals surface area contributed by atoms with E-state index in [1.807, 2.05) is 0 Å². The summed E-state index contributed by atoms with van der Waals surface area (Å²) in [6.45, 7) is 11.3. The third-order valence-electron chi connectivity index (χ3n) is 2.13. The maximum absolute atomic E-state index is 5.51. The van der Waals surface area contributed by atoms with Gasteiger partial charge in [-0.2, -0.15) is 0 Å². The van der Waals surface area contributed by atoms with Crippen molar-refractivity contribution in [1.29, 1.82) is 0 Å². The van der Waals surface area contributed by atoms with Crippen LogP contribution in [0.1, 0.15) is 40.0 Å². The van der Waals surface area contributed by atoms with Crippen LogP contribution in [0.2, 0.25) is 0 Å². The maximum atomic E-state index is 5.51. The molecule has 0 saturated carbocycles. The van der Waals surface area contributed by atoms with Gasteiger partial charge in [0, 0.05) is 6.54 Å². The summed E-state index contributed by atoms with van der Waals surface area (Å²) in [6.07, 6.45) is 3.74. The maximum Gasteiger partial charge on any atom is 0.000439 e. The van der Waals surface area contributed by atoms with Gasteiger partial charge in [0.15, 0.2) is 0 Å². The predicted octanol–water partition coefficient (Wildman–Crippen LogP) is 2.09. The highest BCUT2D eigenvalue weighted by Gasteiger charge is 2.05. The van der Waals surface area contributed by atoms with E-state index in [1.54, 1.807) is 0 Å². The SMILES string of the molecule is CCCCN(CCCN)CC(C)C. The van der Waals surface area contributed by atoms with Gasteiger partial charge in [0.1, 0.15) is 0 Å². The summed E-state index contributed by atoms with van der Waals surface area (Å²) in [6, 6.07) is 0. The molecule has 0 heterocycles. The molecular formula is C11H26N2. The molecule has 0 aromatic carbocycles. The first-order chi connectivity index (χ1) is 6.20. The Kier molecular flexibility index (Phi) is 8.46. The van der Waals surface area contributed by atoms with Gasteiger partial charge in [-0.05, 0) is 38.4 Å². The highest BCUT2D eigenvalue weighted by molar-refractivity contribution is 4.60. The van der Waals surface area contributed by atoms with Crippen molar-refractivity contribution in [3.63, 3.8) is 0 Å². The fraction of sp³-hybridized carbons (Fsp3) is 1.00. The summed E-state index contributed by atoms with van der Waals surface area (Å²) < 4.78 is 0. The van der Waals surface area contributed by atoms with Crippen LogP contribution in [0.25, 0.3) is 0 Å². The summed E-state index contributed by atoms with van der Waals surface area (Å²) in [7, 11) is 0. The van der Waals surface area contributed by atoms with Crippen LogP contribution in [0.15, 0.2) is 0 Å². The summed E-state index contributed by atoms with van der Waals surface area (Å²) in [4.78, 5) is 2.54. The van der Waals surface area contributed by atoms with Crippen molar-refractivity contribution < 1.29 is 0 Å². The number of rotatable bonds is 8. The van der Waals surface area contributed by atoms with Gasteiger partial charge in [-0.1, -0.05) is 27.2 Å². The Bertz CT molecular complexity index is 94.3. The van der Waals surface area contributed by atoms with Crippen LogP contribution in [0, 0.1) is 5.92 Å². The lowest BCUT2D eigenvalue weighted by molar-refractivity contribution is 0.239. The zero-order chi connectivity index (χ0) is 10.1. The molecule has 0 radical (unpaired) electrons. The number of unbranched alkanes of at least 4 members (excludes halogenated alkanes) is 1. The second-order valence-electron chi connectivity index (χ2n) is 4.19. The predicted molar refractivity (Wildman–Crippen MR) is 59.9 cm³/mol. The summed E-state index contributed by atoms with van der Waals surface area (Å²) >= 11 is 0. The van der Waals surface area contributed by atoms with E-state index in [0.29, 0.717) is 0 Å². The van der Waals surface area contributed by atoms with Gasteiger partial charge in [-0.15, -0.1) is 0 Å². The van der Waals surface area contributed by atoms with Gasteiger partial charge in [0.25, 0.3) is 0 Å². The number of nitrogens with zero attached hydrogens (tertiary/aromatic N) is 1. The average molecular weight is 186 g/mol. The lowest BCUT2D eigenvalue weighted by Crippen LogP contribution is -2.30. The second kappa shape index (κ2) is 8.52. The second-order valence-corrected chi connectivity index (χ2v) is 4.19. The topological polar surface area (TPSA) is 29.3 Å². The Balaban J connectivity index is 3.60. The molecule has 0 aliphatic rings. The van der Waals surface area contributed by atoms with Gasteiger partial charge < -0.3 is 10.6 Å². The lowest BCUT2D eigenvalue weighted by Gasteiger charge is -2.23. The third kappa shape index (κ3) is 8.26. The molecule has 0 aromatic rings. The first-order valence-electron chi connectivity index (χ1n) is 5.63. The molecule has 2 heteroatoms. The molecule has 0 aliphatic heterocycles. The Hall–Kier alpha value is -0.0800. The largest absolute Gasteiger partial charge is 0.330 e. The Morgan fingerprint density at radius 1 is 1.15 bits per heavy atom. The molecule has 80 valence electrons. The van der Waals surface area contributed by atoms with Gasteiger partial charge in [-0.3, -0.25) is 0 Å². The van der Waals surface area contributed by atoms with Crippen molar-refractivity contribution >= 4 is 0 Å². The first-order valence-corrected chi connectivity index (χ1v) is 5.63.